The third-order valence-electron chi connectivity index (χ3n) is 4.17. The van der Waals surface area contributed by atoms with Crippen molar-refractivity contribution in [1.82, 2.24) is 10.3 Å². The Labute approximate surface area is 170 Å². The van der Waals surface area contributed by atoms with Crippen LogP contribution in [0.2, 0.25) is 5.02 Å². The molecule has 1 unspecified atom stereocenters. The molecule has 0 aliphatic carbocycles. The van der Waals surface area contributed by atoms with E-state index in [0.717, 1.165) is 0 Å². The first-order chi connectivity index (χ1) is 13.0. The Balaban J connectivity index is 1.78. The Kier molecular flexibility index (Phi) is 4.71. The maximum absolute atomic E-state index is 13.8. The van der Waals surface area contributed by atoms with Gasteiger partial charge in [-0.2, -0.15) is 0 Å². The number of anilines is 1. The number of amides is 2. The molecule has 0 saturated heterocycles. The third kappa shape index (κ3) is 3.24. The molecule has 2 aromatic carbocycles. The van der Waals surface area contributed by atoms with Crippen LogP contribution in [0.5, 0.6) is 0 Å². The van der Waals surface area contributed by atoms with E-state index in [-0.39, 0.29) is 11.6 Å². The second kappa shape index (κ2) is 7.03. The molecule has 4 rings (SSSR count). The Morgan fingerprint density at radius 3 is 2.89 bits per heavy atom. The van der Waals surface area contributed by atoms with Crippen LogP contribution in [0.1, 0.15) is 38.0 Å². The molecule has 1 aromatic heterocycles. The lowest BCUT2D eigenvalue weighted by Gasteiger charge is -2.17. The van der Waals surface area contributed by atoms with Crippen molar-refractivity contribution < 1.29 is 14.0 Å². The summed E-state index contributed by atoms with van der Waals surface area (Å²) in [6.45, 7) is 0. The van der Waals surface area contributed by atoms with Crippen LogP contribution in [0.15, 0.2) is 45.7 Å². The van der Waals surface area contributed by atoms with E-state index in [4.69, 9.17) is 11.6 Å². The predicted molar refractivity (Wildman–Crippen MR) is 105 cm³/mol. The summed E-state index contributed by atoms with van der Waals surface area (Å²) >= 11 is 10.8. The Morgan fingerprint density at radius 1 is 1.33 bits per heavy atom. The zero-order chi connectivity index (χ0) is 19.1. The Bertz CT molecular complexity index is 1090. The second-order valence-electron chi connectivity index (χ2n) is 5.77. The molecule has 1 aliphatic rings. The monoisotopic (exact) mass is 465 g/mol. The summed E-state index contributed by atoms with van der Waals surface area (Å²) < 4.78 is 14.4. The van der Waals surface area contributed by atoms with E-state index in [1.165, 1.54) is 29.5 Å². The fraction of sp³-hybridized carbons (Fsp3) is 0.0556. The summed E-state index contributed by atoms with van der Waals surface area (Å²) in [5, 5.41) is 5.90. The van der Waals surface area contributed by atoms with Gasteiger partial charge < -0.3 is 10.6 Å². The van der Waals surface area contributed by atoms with E-state index >= 15 is 0 Å². The molecule has 5 nitrogen and oxygen atoms in total. The number of rotatable bonds is 3. The third-order valence-corrected chi connectivity index (χ3v) is 6.06. The van der Waals surface area contributed by atoms with Crippen LogP contribution in [-0.2, 0) is 0 Å². The Hall–Kier alpha value is -2.29. The van der Waals surface area contributed by atoms with Gasteiger partial charge >= 0.3 is 0 Å². The molecule has 27 heavy (non-hydrogen) atoms. The van der Waals surface area contributed by atoms with Gasteiger partial charge in [-0.15, -0.1) is 11.3 Å². The van der Waals surface area contributed by atoms with Crippen LogP contribution in [-0.4, -0.2) is 16.8 Å². The lowest BCUT2D eigenvalue weighted by atomic mass is 9.96. The molecule has 1 aliphatic heterocycles. The van der Waals surface area contributed by atoms with Gasteiger partial charge in [0, 0.05) is 27.4 Å². The first-order valence-electron chi connectivity index (χ1n) is 7.74. The van der Waals surface area contributed by atoms with Crippen LogP contribution < -0.4 is 10.6 Å². The number of fused-ring (bicyclic) bond motifs is 1. The highest BCUT2D eigenvalue weighted by Crippen LogP contribution is 2.39. The van der Waals surface area contributed by atoms with Crippen molar-refractivity contribution in [3.8, 4) is 0 Å². The molecular weight excluding hydrogens is 457 g/mol. The van der Waals surface area contributed by atoms with Gasteiger partial charge in [-0.05, 0) is 46.3 Å². The van der Waals surface area contributed by atoms with Crippen molar-refractivity contribution in [2.24, 2.45) is 0 Å². The minimum absolute atomic E-state index is 0.246. The fourth-order valence-corrected chi connectivity index (χ4v) is 4.26. The van der Waals surface area contributed by atoms with E-state index in [9.17, 15) is 14.0 Å². The van der Waals surface area contributed by atoms with Gasteiger partial charge in [0.15, 0.2) is 5.69 Å². The zero-order valence-corrected chi connectivity index (χ0v) is 16.6. The van der Waals surface area contributed by atoms with Crippen LogP contribution in [0, 0.1) is 5.82 Å². The van der Waals surface area contributed by atoms with Crippen LogP contribution in [0.25, 0.3) is 0 Å². The van der Waals surface area contributed by atoms with Gasteiger partial charge in [-0.3, -0.25) is 9.59 Å². The molecule has 0 spiro atoms. The van der Waals surface area contributed by atoms with Gasteiger partial charge in [0.2, 0.25) is 0 Å². The number of carbonyl (C=O) groups excluding carboxylic acids is 2. The first kappa shape index (κ1) is 18.1. The van der Waals surface area contributed by atoms with E-state index in [0.29, 0.717) is 31.2 Å². The number of benzene rings is 2. The highest BCUT2D eigenvalue weighted by molar-refractivity contribution is 9.11. The topological polar surface area (TPSA) is 71.1 Å². The molecule has 9 heteroatoms. The minimum Gasteiger partial charge on any atom is -0.341 e. The summed E-state index contributed by atoms with van der Waals surface area (Å²) in [7, 11) is 0. The van der Waals surface area contributed by atoms with Crippen LogP contribution in [0.4, 0.5) is 10.1 Å². The molecule has 1 atom stereocenters. The van der Waals surface area contributed by atoms with Crippen molar-refractivity contribution >= 4 is 56.4 Å². The Morgan fingerprint density at radius 2 is 2.15 bits per heavy atom. The molecule has 2 amide bonds. The largest absolute Gasteiger partial charge is 0.341 e. The van der Waals surface area contributed by atoms with Crippen LogP contribution in [0.3, 0.4) is 0 Å². The van der Waals surface area contributed by atoms with Crippen molar-refractivity contribution in [1.29, 1.82) is 0 Å². The van der Waals surface area contributed by atoms with Crippen molar-refractivity contribution in [3.05, 3.63) is 78.9 Å². The first-order valence-corrected chi connectivity index (χ1v) is 9.80. The smallest absolute Gasteiger partial charge is 0.276 e. The van der Waals surface area contributed by atoms with Crippen molar-refractivity contribution in [2.45, 2.75) is 6.04 Å². The number of aromatic nitrogens is 1. The van der Waals surface area contributed by atoms with Crippen molar-refractivity contribution in [3.63, 3.8) is 0 Å². The number of hydrogen-bond donors (Lipinski definition) is 2. The summed E-state index contributed by atoms with van der Waals surface area (Å²) in [6.07, 6.45) is 0. The molecule has 0 saturated carbocycles. The normalized spacial score (nSPS) is 15.4. The summed E-state index contributed by atoms with van der Waals surface area (Å²) in [6, 6.07) is 8.27. The summed E-state index contributed by atoms with van der Waals surface area (Å²) in [4.78, 5) is 29.0. The molecule has 0 bridgehead atoms. The lowest BCUT2D eigenvalue weighted by Crippen LogP contribution is -2.21. The predicted octanol–water partition coefficient (Wildman–Crippen LogP) is 4.78. The number of thiazole rings is 1. The highest BCUT2D eigenvalue weighted by Gasteiger charge is 2.34. The molecule has 136 valence electrons. The number of nitrogens with zero attached hydrogens (tertiary/aromatic N) is 1. The van der Waals surface area contributed by atoms with E-state index in [1.54, 1.807) is 23.7 Å². The molecule has 2 N–H and O–H groups in total. The summed E-state index contributed by atoms with van der Waals surface area (Å²) in [5.41, 5.74) is 3.58. The maximum Gasteiger partial charge on any atom is 0.276 e. The second-order valence-corrected chi connectivity index (χ2v) is 8.35. The van der Waals surface area contributed by atoms with Crippen LogP contribution >= 0.6 is 38.9 Å². The average molecular weight is 467 g/mol. The molecule has 2 heterocycles. The van der Waals surface area contributed by atoms with Gasteiger partial charge in [0.1, 0.15) is 9.60 Å². The van der Waals surface area contributed by atoms with E-state index in [2.05, 4.69) is 31.5 Å². The van der Waals surface area contributed by atoms with E-state index < -0.39 is 17.8 Å². The van der Waals surface area contributed by atoms with Gasteiger partial charge in [-0.1, -0.05) is 17.7 Å². The lowest BCUT2D eigenvalue weighted by molar-refractivity contribution is 0.0959. The fourth-order valence-electron chi connectivity index (χ4n) is 2.99. The zero-order valence-electron chi connectivity index (χ0n) is 13.4. The highest BCUT2D eigenvalue weighted by atomic mass is 79.9. The SMILES string of the molecule is O=C1NC(c2cc(F)ccc2Cl)c2c(NC(=O)c3ncsc3Br)cccc21. The van der Waals surface area contributed by atoms with Gasteiger partial charge in [0.25, 0.3) is 11.8 Å². The quantitative estimate of drug-likeness (QED) is 0.583. The molecule has 3 aromatic rings. The molecule has 0 radical (unpaired) electrons. The van der Waals surface area contributed by atoms with Gasteiger partial charge in [-0.25, -0.2) is 9.37 Å². The number of nitrogens with one attached hydrogen (secondary N) is 2. The number of hydrogen-bond acceptors (Lipinski definition) is 4. The number of halogens is 3. The van der Waals surface area contributed by atoms with Crippen molar-refractivity contribution in [2.75, 3.05) is 5.32 Å². The average Bonchev–Trinajstić information content (AvgIpc) is 3.21. The van der Waals surface area contributed by atoms with E-state index in [1.807, 2.05) is 0 Å². The minimum atomic E-state index is -0.675. The molecular formula is C18H10BrClFN3O2S. The maximum atomic E-state index is 13.8. The standard InChI is InChI=1S/C18H10BrClFN3O2S/c19-16-15(22-7-27-16)18(26)23-12-3-1-2-9-13(12)14(24-17(9)25)10-6-8(21)4-5-11(10)20/h1-7,14H,(H,23,26)(H,24,25). The molecule has 0 fully saturated rings. The number of carbonyl (C=O) groups is 2. The van der Waals surface area contributed by atoms with Gasteiger partial charge in [0.05, 0.1) is 11.6 Å². The summed E-state index contributed by atoms with van der Waals surface area (Å²) in [5.74, 6) is -1.20.